The van der Waals surface area contributed by atoms with Crippen LogP contribution in [0.5, 0.6) is 0 Å². The molecule has 3 amide bonds. The van der Waals surface area contributed by atoms with Crippen LogP contribution in [0.4, 0.5) is 21.9 Å². The summed E-state index contributed by atoms with van der Waals surface area (Å²) in [6.07, 6.45) is 1.73. The van der Waals surface area contributed by atoms with Gasteiger partial charge in [0.2, 0.25) is 5.91 Å². The number of carbonyl (C=O) groups is 2. The van der Waals surface area contributed by atoms with Gasteiger partial charge >= 0.3 is 6.03 Å². The van der Waals surface area contributed by atoms with Crippen LogP contribution >= 0.6 is 0 Å². The van der Waals surface area contributed by atoms with Crippen LogP contribution in [-0.4, -0.2) is 48.0 Å². The minimum Gasteiger partial charge on any atom is -0.368 e. The number of piperazine rings is 1. The monoisotopic (exact) mass is 389 g/mol. The summed E-state index contributed by atoms with van der Waals surface area (Å²) in [7, 11) is 0. The Bertz CT molecular complexity index is 1020. The predicted octanol–water partition coefficient (Wildman–Crippen LogP) is 3.55. The number of pyridine rings is 1. The summed E-state index contributed by atoms with van der Waals surface area (Å²) in [5, 5.41) is 6.77. The van der Waals surface area contributed by atoms with Gasteiger partial charge in [0.15, 0.2) is 0 Å². The zero-order valence-electron chi connectivity index (χ0n) is 16.3. The Kier molecular flexibility index (Phi) is 5.29. The number of rotatable bonds is 3. The quantitative estimate of drug-likeness (QED) is 0.718. The molecular formula is C22H23N5O2. The number of para-hydroxylation sites is 1. The largest absolute Gasteiger partial charge is 0.368 e. The molecule has 1 aromatic heterocycles. The van der Waals surface area contributed by atoms with E-state index in [0.29, 0.717) is 13.1 Å². The second-order valence-corrected chi connectivity index (χ2v) is 7.01. The van der Waals surface area contributed by atoms with Gasteiger partial charge in [0.05, 0.1) is 11.2 Å². The number of urea groups is 1. The van der Waals surface area contributed by atoms with Crippen molar-refractivity contribution in [1.82, 2.24) is 9.88 Å². The van der Waals surface area contributed by atoms with Crippen molar-refractivity contribution in [3.63, 3.8) is 0 Å². The molecule has 0 radical (unpaired) electrons. The van der Waals surface area contributed by atoms with Gasteiger partial charge in [-0.1, -0.05) is 18.2 Å². The van der Waals surface area contributed by atoms with Crippen LogP contribution in [0.15, 0.2) is 60.8 Å². The van der Waals surface area contributed by atoms with Gasteiger partial charge in [-0.15, -0.1) is 0 Å². The van der Waals surface area contributed by atoms with Gasteiger partial charge in [0.1, 0.15) is 0 Å². The van der Waals surface area contributed by atoms with Gasteiger partial charge < -0.3 is 20.4 Å². The first-order valence-electron chi connectivity index (χ1n) is 9.62. The number of anilines is 3. The van der Waals surface area contributed by atoms with Crippen LogP contribution in [0, 0.1) is 0 Å². The van der Waals surface area contributed by atoms with E-state index in [0.717, 1.165) is 41.1 Å². The molecule has 0 bridgehead atoms. The zero-order chi connectivity index (χ0) is 20.2. The van der Waals surface area contributed by atoms with Gasteiger partial charge in [-0.2, -0.15) is 0 Å². The molecule has 7 heteroatoms. The van der Waals surface area contributed by atoms with Gasteiger partial charge in [0, 0.05) is 56.1 Å². The molecule has 1 saturated heterocycles. The first-order chi connectivity index (χ1) is 14.1. The number of benzene rings is 2. The van der Waals surface area contributed by atoms with Crippen molar-refractivity contribution in [2.24, 2.45) is 0 Å². The number of hydrogen-bond acceptors (Lipinski definition) is 4. The van der Waals surface area contributed by atoms with Gasteiger partial charge in [0.25, 0.3) is 0 Å². The molecular weight excluding hydrogens is 366 g/mol. The van der Waals surface area contributed by atoms with Gasteiger partial charge in [-0.3, -0.25) is 9.78 Å². The lowest BCUT2D eigenvalue weighted by molar-refractivity contribution is -0.114. The maximum Gasteiger partial charge on any atom is 0.322 e. The summed E-state index contributed by atoms with van der Waals surface area (Å²) in [6.45, 7) is 4.27. The van der Waals surface area contributed by atoms with E-state index in [9.17, 15) is 9.59 Å². The molecule has 3 aromatic rings. The van der Waals surface area contributed by atoms with Crippen molar-refractivity contribution in [3.8, 4) is 0 Å². The van der Waals surface area contributed by atoms with E-state index in [2.05, 4.69) is 20.5 Å². The summed E-state index contributed by atoms with van der Waals surface area (Å²) in [4.78, 5) is 32.3. The Morgan fingerprint density at radius 2 is 1.62 bits per heavy atom. The number of nitrogens with one attached hydrogen (secondary N) is 2. The summed E-state index contributed by atoms with van der Waals surface area (Å²) in [5.41, 5.74) is 3.38. The maximum atomic E-state index is 12.7. The van der Waals surface area contributed by atoms with Crippen LogP contribution in [0.25, 0.3) is 10.9 Å². The van der Waals surface area contributed by atoms with Crippen molar-refractivity contribution in [2.75, 3.05) is 41.7 Å². The normalized spacial score (nSPS) is 14.0. The highest BCUT2D eigenvalue weighted by molar-refractivity contribution is 5.99. The molecule has 2 aromatic carbocycles. The molecule has 1 fully saturated rings. The zero-order valence-corrected chi connectivity index (χ0v) is 16.3. The van der Waals surface area contributed by atoms with E-state index in [1.54, 1.807) is 6.20 Å². The SMILES string of the molecule is CC(=O)Nc1ccc(N2CCN(C(=O)Nc3cccc4cccnc34)CC2)cc1. The van der Waals surface area contributed by atoms with Gasteiger partial charge in [-0.05, 0) is 36.4 Å². The number of amides is 3. The molecule has 0 atom stereocenters. The molecule has 7 nitrogen and oxygen atoms in total. The molecule has 2 heterocycles. The van der Waals surface area contributed by atoms with Crippen LogP contribution in [-0.2, 0) is 4.79 Å². The maximum absolute atomic E-state index is 12.7. The molecule has 0 saturated carbocycles. The number of carbonyl (C=O) groups excluding carboxylic acids is 2. The summed E-state index contributed by atoms with van der Waals surface area (Å²) in [6, 6.07) is 17.3. The van der Waals surface area contributed by atoms with E-state index in [-0.39, 0.29) is 11.9 Å². The Labute approximate surface area is 169 Å². The van der Waals surface area contributed by atoms with Crippen molar-refractivity contribution < 1.29 is 9.59 Å². The Balaban J connectivity index is 1.36. The molecule has 29 heavy (non-hydrogen) atoms. The molecule has 0 unspecified atom stereocenters. The summed E-state index contributed by atoms with van der Waals surface area (Å²) < 4.78 is 0. The number of hydrogen-bond donors (Lipinski definition) is 2. The first-order valence-corrected chi connectivity index (χ1v) is 9.62. The topological polar surface area (TPSA) is 77.6 Å². The Hall–Kier alpha value is -3.61. The highest BCUT2D eigenvalue weighted by Crippen LogP contribution is 2.22. The molecule has 0 spiro atoms. The molecule has 2 N–H and O–H groups in total. The minimum atomic E-state index is -0.108. The smallest absolute Gasteiger partial charge is 0.322 e. The molecule has 1 aliphatic rings. The average molecular weight is 389 g/mol. The summed E-state index contributed by atoms with van der Waals surface area (Å²) >= 11 is 0. The van der Waals surface area contributed by atoms with Crippen LogP contribution in [0.3, 0.4) is 0 Å². The van der Waals surface area contributed by atoms with Crippen LogP contribution < -0.4 is 15.5 Å². The minimum absolute atomic E-state index is 0.0845. The van der Waals surface area contributed by atoms with Crippen LogP contribution in [0.1, 0.15) is 6.92 Å². The number of nitrogens with zero attached hydrogens (tertiary/aromatic N) is 3. The second kappa shape index (κ2) is 8.18. The van der Waals surface area contributed by atoms with Crippen molar-refractivity contribution in [1.29, 1.82) is 0 Å². The van der Waals surface area contributed by atoms with E-state index in [1.165, 1.54) is 6.92 Å². The third-order valence-corrected chi connectivity index (χ3v) is 4.99. The molecule has 148 valence electrons. The van der Waals surface area contributed by atoms with E-state index < -0.39 is 0 Å². The summed E-state index contributed by atoms with van der Waals surface area (Å²) in [5.74, 6) is -0.0845. The van der Waals surface area contributed by atoms with Crippen LogP contribution in [0.2, 0.25) is 0 Å². The van der Waals surface area contributed by atoms with Gasteiger partial charge in [-0.25, -0.2) is 4.79 Å². The lowest BCUT2D eigenvalue weighted by Gasteiger charge is -2.36. The number of aromatic nitrogens is 1. The first kappa shape index (κ1) is 18.7. The highest BCUT2D eigenvalue weighted by Gasteiger charge is 2.22. The number of fused-ring (bicyclic) bond motifs is 1. The fourth-order valence-corrected chi connectivity index (χ4v) is 3.53. The van der Waals surface area contributed by atoms with E-state index in [4.69, 9.17) is 0 Å². The van der Waals surface area contributed by atoms with Crippen molar-refractivity contribution in [3.05, 3.63) is 60.8 Å². The molecule has 4 rings (SSSR count). The second-order valence-electron chi connectivity index (χ2n) is 7.01. The molecule has 0 aliphatic carbocycles. The van der Waals surface area contributed by atoms with E-state index in [1.807, 2.05) is 59.5 Å². The Morgan fingerprint density at radius 1 is 0.897 bits per heavy atom. The molecule has 1 aliphatic heterocycles. The van der Waals surface area contributed by atoms with Crippen molar-refractivity contribution >= 4 is 39.9 Å². The van der Waals surface area contributed by atoms with E-state index >= 15 is 0 Å². The average Bonchev–Trinajstić information content (AvgIpc) is 2.74. The fourth-order valence-electron chi connectivity index (χ4n) is 3.53. The lowest BCUT2D eigenvalue weighted by Crippen LogP contribution is -2.50. The highest BCUT2D eigenvalue weighted by atomic mass is 16.2. The Morgan fingerprint density at radius 3 is 2.34 bits per heavy atom. The predicted molar refractivity (Wildman–Crippen MR) is 115 cm³/mol. The third-order valence-electron chi connectivity index (χ3n) is 4.99. The lowest BCUT2D eigenvalue weighted by atomic mass is 10.2. The van der Waals surface area contributed by atoms with Crippen molar-refractivity contribution in [2.45, 2.75) is 6.92 Å². The fraction of sp³-hybridized carbons (Fsp3) is 0.227. The standard InChI is InChI=1S/C22H23N5O2/c1-16(28)24-18-7-9-19(10-8-18)26-12-14-27(15-13-26)22(29)25-20-6-2-4-17-5-3-11-23-21(17)20/h2-11H,12-15H2,1H3,(H,24,28)(H,25,29). The third kappa shape index (κ3) is 4.29.